The molecule has 4 fully saturated rings. The van der Waals surface area contributed by atoms with Crippen LogP contribution in [0.25, 0.3) is 0 Å². The van der Waals surface area contributed by atoms with Gasteiger partial charge in [-0.15, -0.1) is 0 Å². The Morgan fingerprint density at radius 1 is 0.639 bits per heavy atom. The second-order valence-corrected chi connectivity index (χ2v) is 16.1. The molecule has 4 aliphatic rings. The van der Waals surface area contributed by atoms with Gasteiger partial charge in [-0.3, -0.25) is 9.80 Å². The fourth-order valence-corrected chi connectivity index (χ4v) is 16.0. The van der Waals surface area contributed by atoms with Crippen LogP contribution in [0.3, 0.4) is 0 Å². The topological polar surface area (TPSA) is 6.48 Å². The third-order valence-electron chi connectivity index (χ3n) is 9.25. The van der Waals surface area contributed by atoms with Gasteiger partial charge in [0.2, 0.25) is 0 Å². The van der Waals surface area contributed by atoms with Gasteiger partial charge in [-0.1, -0.05) is 64.7 Å². The predicted molar refractivity (Wildman–Crippen MR) is 149 cm³/mol. The molecule has 3 saturated carbocycles. The molecule has 0 N–H and O–H groups in total. The predicted octanol–water partition coefficient (Wildman–Crippen LogP) is 1.36. The maximum absolute atomic E-state index is 2.76. The van der Waals surface area contributed by atoms with E-state index in [-0.39, 0.29) is 24.8 Å². The molecule has 0 unspecified atom stereocenters. The second kappa shape index (κ2) is 16.6. The number of hydrogen-bond donors (Lipinski definition) is 0. The molecule has 0 aromatic heterocycles. The van der Waals surface area contributed by atoms with Gasteiger partial charge < -0.3 is 24.8 Å². The van der Waals surface area contributed by atoms with E-state index in [0.29, 0.717) is 0 Å². The Balaban J connectivity index is 0.000000393. The van der Waals surface area contributed by atoms with Gasteiger partial charge in [-0.2, -0.15) is 0 Å². The van der Waals surface area contributed by atoms with Crippen LogP contribution in [0.5, 0.6) is 0 Å². The summed E-state index contributed by atoms with van der Waals surface area (Å²) in [7, 11) is 4.89. The first-order valence-electron chi connectivity index (χ1n) is 14.3. The number of halogens is 2. The van der Waals surface area contributed by atoms with Crippen LogP contribution < -0.4 is 24.8 Å². The summed E-state index contributed by atoms with van der Waals surface area (Å²) in [6, 6.07) is 10.2. The monoisotopic (exact) mass is 640 g/mol. The van der Waals surface area contributed by atoms with Crippen molar-refractivity contribution >= 4 is 17.0 Å². The van der Waals surface area contributed by atoms with Gasteiger partial charge in [0.05, 0.1) is 5.54 Å². The van der Waals surface area contributed by atoms with E-state index < -0.39 is 6.89 Å². The molecule has 0 spiro atoms. The summed E-state index contributed by atoms with van der Waals surface area (Å²) in [5, 5.41) is 0. The summed E-state index contributed by atoms with van der Waals surface area (Å²) in [6.45, 7) is 1.44. The number of rotatable bonds is 4. The van der Waals surface area contributed by atoms with Crippen molar-refractivity contribution in [1.29, 1.82) is 0 Å². The summed E-state index contributed by atoms with van der Waals surface area (Å²) in [5.74, 6) is 0. The molecule has 36 heavy (non-hydrogen) atoms. The molecule has 6 heteroatoms. The molecule has 1 heterocycles. The van der Waals surface area contributed by atoms with Gasteiger partial charge in [-0.05, 0) is 69.6 Å². The normalized spacial score (nSPS) is 23.2. The molecule has 206 valence electrons. The number of nitrogens with zero attached hydrogens (tertiary/aromatic N) is 2. The second-order valence-electron chi connectivity index (χ2n) is 11.4. The van der Waals surface area contributed by atoms with Gasteiger partial charge in [0, 0.05) is 13.1 Å². The third-order valence-corrected chi connectivity index (χ3v) is 16.4. The van der Waals surface area contributed by atoms with Gasteiger partial charge in [-0.25, -0.2) is 0 Å². The van der Waals surface area contributed by atoms with E-state index in [2.05, 4.69) is 53.9 Å². The summed E-state index contributed by atoms with van der Waals surface area (Å²) in [4.78, 5) is 5.51. The van der Waals surface area contributed by atoms with Crippen LogP contribution in [0, 0.1) is 0 Å². The van der Waals surface area contributed by atoms with Crippen molar-refractivity contribution in [2.75, 3.05) is 27.2 Å². The summed E-state index contributed by atoms with van der Waals surface area (Å²) in [6.07, 6.45) is 23.0. The van der Waals surface area contributed by atoms with E-state index in [1.54, 1.807) is 38.5 Å². The van der Waals surface area contributed by atoms with Crippen molar-refractivity contribution in [3.63, 3.8) is 0 Å². The number of benzene rings is 1. The Morgan fingerprint density at radius 3 is 1.31 bits per heavy atom. The molecule has 3 aliphatic carbocycles. The molecule has 1 aromatic carbocycles. The van der Waals surface area contributed by atoms with Crippen molar-refractivity contribution in [3.05, 3.63) is 35.9 Å². The molecule has 1 aromatic rings. The van der Waals surface area contributed by atoms with Crippen LogP contribution >= 0.6 is 6.89 Å². The first-order chi connectivity index (χ1) is 16.7. The minimum absolute atomic E-state index is 0. The van der Waals surface area contributed by atoms with Crippen molar-refractivity contribution in [2.24, 2.45) is 0 Å². The standard InChI is InChI=1S/C23H43N2P.C7H6.2ClH.Ru/c1-24-18-19-25(2)23(24)26(20-12-6-3-7-13-20,21-14-8-4-9-15-21)22-16-10-5-11-17-22;1-7-5-3-2-4-6-7;;;/h20-22H,3-19H2,1-2H3;1-6H;2*1H;/q;;;;+2/p-2. The van der Waals surface area contributed by atoms with E-state index in [1.165, 1.54) is 76.4 Å². The van der Waals surface area contributed by atoms with Crippen LogP contribution in [0.2, 0.25) is 0 Å². The van der Waals surface area contributed by atoms with Crippen molar-refractivity contribution in [3.8, 4) is 0 Å². The summed E-state index contributed by atoms with van der Waals surface area (Å²) in [5.41, 5.74) is 6.37. The van der Waals surface area contributed by atoms with Gasteiger partial charge in [0.25, 0.3) is 0 Å². The Hall–Kier alpha value is 0.513. The molecule has 1 aliphatic heterocycles. The van der Waals surface area contributed by atoms with Crippen LogP contribution in [0.15, 0.2) is 30.3 Å². The molecule has 0 amide bonds. The maximum atomic E-state index is 2.76. The molecular weight excluding hydrogens is 591 g/mol. The van der Waals surface area contributed by atoms with Crippen molar-refractivity contribution < 1.29 is 42.7 Å². The Bertz CT molecular complexity index is 751. The number of likely N-dealkylation sites (N-methyl/N-ethyl adjacent to an activating group) is 2. The molecule has 2 nitrogen and oxygen atoms in total. The van der Waals surface area contributed by atoms with Gasteiger partial charge in [0.1, 0.15) is 0 Å². The zero-order valence-electron chi connectivity index (χ0n) is 22.7. The Kier molecular flexibility index (Phi) is 15.1. The molecular formula is C30H49Cl2N2PRu. The summed E-state index contributed by atoms with van der Waals surface area (Å²) >= 11 is 2.48. The average Bonchev–Trinajstić information content (AvgIpc) is 3.25. The number of hydrogen-bond acceptors (Lipinski definition) is 0. The van der Waals surface area contributed by atoms with E-state index in [4.69, 9.17) is 0 Å². The van der Waals surface area contributed by atoms with Crippen molar-refractivity contribution in [1.82, 2.24) is 9.80 Å². The minimum atomic E-state index is -1.11. The first-order valence-corrected chi connectivity index (χ1v) is 17.3. The quantitative estimate of drug-likeness (QED) is 0.363. The third kappa shape index (κ3) is 7.58. The van der Waals surface area contributed by atoms with Crippen molar-refractivity contribution in [2.45, 2.75) is 113 Å². The van der Waals surface area contributed by atoms with Crippen LogP contribution in [0.1, 0.15) is 102 Å². The van der Waals surface area contributed by atoms with E-state index in [9.17, 15) is 0 Å². The van der Waals surface area contributed by atoms with E-state index >= 15 is 0 Å². The average molecular weight is 641 g/mol. The Labute approximate surface area is 244 Å². The zero-order valence-corrected chi connectivity index (χ0v) is 26.8. The van der Waals surface area contributed by atoms with E-state index in [0.717, 1.165) is 17.0 Å². The fraction of sp³-hybridized carbons (Fsp3) is 0.733. The first kappa shape index (κ1) is 32.7. The molecule has 0 bridgehead atoms. The van der Waals surface area contributed by atoms with Gasteiger partial charge in [0.15, 0.2) is 0 Å². The molecule has 1 saturated heterocycles. The van der Waals surface area contributed by atoms with Gasteiger partial charge >= 0.3 is 58.4 Å². The zero-order chi connectivity index (χ0) is 23.8. The van der Waals surface area contributed by atoms with Crippen LogP contribution in [-0.2, 0) is 17.9 Å². The van der Waals surface area contributed by atoms with Crippen LogP contribution in [-0.4, -0.2) is 64.1 Å². The molecule has 0 radical (unpaired) electrons. The van der Waals surface area contributed by atoms with E-state index in [1.807, 2.05) is 28.3 Å². The fourth-order valence-electron chi connectivity index (χ4n) is 7.81. The SMILES string of the molecule is CN1CCN(C)C1=P(C1CCCCC1)(C1CCCCC1)C1CCCCC1.[Cl-].[Cl-].[Ru+2]=[CH]c1ccccc1. The summed E-state index contributed by atoms with van der Waals surface area (Å²) < 4.78 is 2.01. The van der Waals surface area contributed by atoms with Crippen LogP contribution in [0.4, 0.5) is 0 Å². The molecule has 5 rings (SSSR count). The molecule has 0 atom stereocenters. The Morgan fingerprint density at radius 2 is 1.00 bits per heavy atom.